The molecule has 0 saturated heterocycles. The molecule has 1 rings (SSSR count). The minimum Gasteiger partial charge on any atom is -0.382 e. The molecule has 1 heterocycles. The van der Waals surface area contributed by atoms with Crippen molar-refractivity contribution < 1.29 is 4.79 Å². The average Bonchev–Trinajstić information content (AvgIpc) is 2.12. The van der Waals surface area contributed by atoms with Gasteiger partial charge in [0.2, 0.25) is 0 Å². The zero-order chi connectivity index (χ0) is 6.85. The third-order valence-corrected chi connectivity index (χ3v) is 1.87. The van der Waals surface area contributed by atoms with Gasteiger partial charge in [0.25, 0.3) is 0 Å². The molecule has 2 N–H and O–H groups in total. The number of carbonyl (C=O) groups is 1. The normalized spacial score (nSPS) is 25.2. The molecule has 0 bridgehead atoms. The standard InChI is InChI=1S/C4H4IN3O/c5-3-2(1-9)4(6)8-7-3/h1,3H,6H2. The first-order valence-electron chi connectivity index (χ1n) is 2.25. The van der Waals surface area contributed by atoms with Crippen LogP contribution >= 0.6 is 22.6 Å². The second kappa shape index (κ2) is 2.42. The number of nitrogens with zero attached hydrogens (tertiary/aromatic N) is 2. The van der Waals surface area contributed by atoms with Gasteiger partial charge in [-0.3, -0.25) is 4.79 Å². The van der Waals surface area contributed by atoms with Crippen molar-refractivity contribution in [3.05, 3.63) is 11.4 Å². The Hall–Kier alpha value is -0.460. The van der Waals surface area contributed by atoms with Crippen molar-refractivity contribution >= 4 is 28.9 Å². The quantitative estimate of drug-likeness (QED) is 0.313. The van der Waals surface area contributed by atoms with E-state index >= 15 is 0 Å². The molecule has 0 spiro atoms. The molecule has 5 heteroatoms. The number of hydrogen-bond acceptors (Lipinski definition) is 4. The van der Waals surface area contributed by atoms with E-state index in [9.17, 15) is 4.79 Å². The third kappa shape index (κ3) is 1.09. The number of azo groups is 1. The highest BCUT2D eigenvalue weighted by Gasteiger charge is 2.17. The average molecular weight is 237 g/mol. The van der Waals surface area contributed by atoms with Crippen molar-refractivity contribution in [2.45, 2.75) is 4.05 Å². The van der Waals surface area contributed by atoms with Crippen LogP contribution < -0.4 is 5.73 Å². The van der Waals surface area contributed by atoms with E-state index in [2.05, 4.69) is 10.2 Å². The Kier molecular flexibility index (Phi) is 1.79. The summed E-state index contributed by atoms with van der Waals surface area (Å²) in [6.45, 7) is 0. The highest BCUT2D eigenvalue weighted by Crippen LogP contribution is 2.21. The van der Waals surface area contributed by atoms with E-state index in [0.717, 1.165) is 0 Å². The number of carbonyl (C=O) groups excluding carboxylic acids is 1. The molecule has 0 aromatic heterocycles. The largest absolute Gasteiger partial charge is 0.382 e. The van der Waals surface area contributed by atoms with Gasteiger partial charge in [-0.25, -0.2) is 0 Å². The summed E-state index contributed by atoms with van der Waals surface area (Å²) in [7, 11) is 0. The SMILES string of the molecule is NC1=C(C=O)C(I)N=N1. The Bertz CT molecular complexity index is 198. The maximum Gasteiger partial charge on any atom is 0.155 e. The number of hydrogen-bond donors (Lipinski definition) is 1. The van der Waals surface area contributed by atoms with Crippen molar-refractivity contribution in [2.75, 3.05) is 0 Å². The molecule has 1 atom stereocenters. The van der Waals surface area contributed by atoms with E-state index in [0.29, 0.717) is 11.9 Å². The van der Waals surface area contributed by atoms with E-state index in [1.807, 2.05) is 22.6 Å². The van der Waals surface area contributed by atoms with Crippen molar-refractivity contribution in [3.63, 3.8) is 0 Å². The topological polar surface area (TPSA) is 67.8 Å². The maximum absolute atomic E-state index is 10.2. The van der Waals surface area contributed by atoms with Gasteiger partial charge in [0, 0.05) is 0 Å². The highest BCUT2D eigenvalue weighted by molar-refractivity contribution is 14.1. The Morgan fingerprint density at radius 3 is 2.67 bits per heavy atom. The van der Waals surface area contributed by atoms with E-state index < -0.39 is 0 Å². The zero-order valence-electron chi connectivity index (χ0n) is 4.41. The molecular formula is C4H4IN3O. The Balaban J connectivity index is 2.91. The van der Waals surface area contributed by atoms with E-state index in [4.69, 9.17) is 5.73 Å². The molecule has 4 nitrogen and oxygen atoms in total. The molecule has 1 aliphatic rings. The smallest absolute Gasteiger partial charge is 0.155 e. The fourth-order valence-electron chi connectivity index (χ4n) is 0.471. The summed E-state index contributed by atoms with van der Waals surface area (Å²) in [5, 5.41) is 7.16. The molecule has 0 aliphatic carbocycles. The van der Waals surface area contributed by atoms with E-state index in [-0.39, 0.29) is 9.87 Å². The number of alkyl halides is 1. The first-order chi connectivity index (χ1) is 4.25. The monoisotopic (exact) mass is 237 g/mol. The third-order valence-electron chi connectivity index (χ3n) is 0.946. The molecule has 0 aromatic carbocycles. The molecular weight excluding hydrogens is 233 g/mol. The van der Waals surface area contributed by atoms with Gasteiger partial charge >= 0.3 is 0 Å². The van der Waals surface area contributed by atoms with Crippen LogP contribution in [-0.4, -0.2) is 10.3 Å². The first kappa shape index (κ1) is 6.66. The van der Waals surface area contributed by atoms with Crippen LogP contribution in [0, 0.1) is 0 Å². The molecule has 0 aromatic rings. The van der Waals surface area contributed by atoms with Gasteiger partial charge in [0.1, 0.15) is 0 Å². The zero-order valence-corrected chi connectivity index (χ0v) is 6.57. The minimum atomic E-state index is -0.180. The summed E-state index contributed by atoms with van der Waals surface area (Å²) in [6.07, 6.45) is 0.687. The van der Waals surface area contributed by atoms with E-state index in [1.54, 1.807) is 0 Å². The van der Waals surface area contributed by atoms with E-state index in [1.165, 1.54) is 0 Å². The molecule has 48 valence electrons. The molecule has 1 unspecified atom stereocenters. The fourth-order valence-corrected chi connectivity index (χ4v) is 1.06. The van der Waals surface area contributed by atoms with Gasteiger partial charge in [0.05, 0.1) is 5.57 Å². The Morgan fingerprint density at radius 2 is 2.44 bits per heavy atom. The highest BCUT2D eigenvalue weighted by atomic mass is 127. The Morgan fingerprint density at radius 1 is 1.78 bits per heavy atom. The lowest BCUT2D eigenvalue weighted by Gasteiger charge is -1.91. The first-order valence-corrected chi connectivity index (χ1v) is 3.50. The molecule has 0 radical (unpaired) electrons. The van der Waals surface area contributed by atoms with Gasteiger partial charge in [-0.05, 0) is 22.6 Å². The van der Waals surface area contributed by atoms with Gasteiger partial charge < -0.3 is 5.73 Å². The van der Waals surface area contributed by atoms with Crippen LogP contribution in [0.4, 0.5) is 0 Å². The molecule has 0 amide bonds. The number of halogens is 1. The van der Waals surface area contributed by atoms with Crippen molar-refractivity contribution in [1.82, 2.24) is 0 Å². The summed E-state index contributed by atoms with van der Waals surface area (Å²) in [5.74, 6) is 0.240. The predicted molar refractivity (Wildman–Crippen MR) is 39.9 cm³/mol. The lowest BCUT2D eigenvalue weighted by Crippen LogP contribution is -2.02. The number of aldehydes is 1. The summed E-state index contributed by atoms with van der Waals surface area (Å²) < 4.78 is -0.180. The van der Waals surface area contributed by atoms with Crippen molar-refractivity contribution in [1.29, 1.82) is 0 Å². The summed E-state index contributed by atoms with van der Waals surface area (Å²) in [6, 6.07) is 0. The van der Waals surface area contributed by atoms with Gasteiger partial charge in [-0.1, -0.05) is 0 Å². The maximum atomic E-state index is 10.2. The van der Waals surface area contributed by atoms with Crippen LogP contribution in [0.3, 0.4) is 0 Å². The van der Waals surface area contributed by atoms with Gasteiger partial charge in [-0.15, -0.1) is 5.11 Å². The second-order valence-electron chi connectivity index (χ2n) is 1.51. The van der Waals surface area contributed by atoms with Crippen LogP contribution in [0.2, 0.25) is 0 Å². The Labute approximate surface area is 65.3 Å². The number of nitrogens with two attached hydrogens (primary N) is 1. The summed E-state index contributed by atoms with van der Waals surface area (Å²) >= 11 is 1.98. The van der Waals surface area contributed by atoms with Crippen LogP contribution in [0.15, 0.2) is 21.6 Å². The van der Waals surface area contributed by atoms with Crippen LogP contribution in [-0.2, 0) is 4.79 Å². The lowest BCUT2D eigenvalue weighted by atomic mass is 10.3. The predicted octanol–water partition coefficient (Wildman–Crippen LogP) is 0.583. The van der Waals surface area contributed by atoms with Gasteiger partial charge in [-0.2, -0.15) is 5.11 Å². The van der Waals surface area contributed by atoms with Crippen LogP contribution in [0.25, 0.3) is 0 Å². The molecule has 0 fully saturated rings. The van der Waals surface area contributed by atoms with Crippen LogP contribution in [0.5, 0.6) is 0 Å². The van der Waals surface area contributed by atoms with Crippen molar-refractivity contribution in [2.24, 2.45) is 16.0 Å². The second-order valence-corrected chi connectivity index (χ2v) is 2.69. The minimum absolute atomic E-state index is 0.180. The van der Waals surface area contributed by atoms with Gasteiger partial charge in [0.15, 0.2) is 16.2 Å². The molecule has 1 aliphatic heterocycles. The lowest BCUT2D eigenvalue weighted by molar-refractivity contribution is -0.104. The summed E-state index contributed by atoms with van der Waals surface area (Å²) in [5.41, 5.74) is 5.73. The number of rotatable bonds is 1. The van der Waals surface area contributed by atoms with Crippen molar-refractivity contribution in [3.8, 4) is 0 Å². The van der Waals surface area contributed by atoms with Crippen LogP contribution in [0.1, 0.15) is 0 Å². The fraction of sp³-hybridized carbons (Fsp3) is 0.250. The summed E-state index contributed by atoms with van der Waals surface area (Å²) in [4.78, 5) is 10.2. The molecule has 0 saturated carbocycles. The molecule has 9 heavy (non-hydrogen) atoms.